The number of alkyl carbamates (subject to hydrolysis) is 1. The van der Waals surface area contributed by atoms with E-state index in [1.54, 1.807) is 32.9 Å². The number of hydrogen-bond donors (Lipinski definition) is 1. The number of amides is 2. The fourth-order valence-electron chi connectivity index (χ4n) is 3.36. The molecule has 2 heterocycles. The van der Waals surface area contributed by atoms with E-state index in [-0.39, 0.29) is 41.6 Å². The van der Waals surface area contributed by atoms with Gasteiger partial charge < -0.3 is 15.0 Å². The van der Waals surface area contributed by atoms with Crippen molar-refractivity contribution in [3.8, 4) is 0 Å². The van der Waals surface area contributed by atoms with Crippen LogP contribution in [0.5, 0.6) is 0 Å². The zero-order valence-electron chi connectivity index (χ0n) is 17.6. The second kappa shape index (κ2) is 9.15. The van der Waals surface area contributed by atoms with E-state index in [4.69, 9.17) is 4.74 Å². The molecule has 2 amide bonds. The maximum absolute atomic E-state index is 13.2. The average Bonchev–Trinajstić information content (AvgIpc) is 3.07. The third-order valence-electron chi connectivity index (χ3n) is 4.67. The van der Waals surface area contributed by atoms with Crippen LogP contribution in [-0.2, 0) is 25.9 Å². The molecule has 1 aromatic rings. The molecule has 1 aromatic carbocycles. The third kappa shape index (κ3) is 6.67. The number of rotatable bonds is 5. The van der Waals surface area contributed by atoms with Crippen molar-refractivity contribution in [2.75, 3.05) is 18.1 Å². The number of nitrogens with zero attached hydrogens (tertiary/aromatic N) is 2. The number of halogens is 1. The van der Waals surface area contributed by atoms with Crippen LogP contribution < -0.4 is 5.32 Å². The van der Waals surface area contributed by atoms with E-state index in [0.717, 1.165) is 5.56 Å². The van der Waals surface area contributed by atoms with Gasteiger partial charge in [-0.05, 0) is 38.5 Å². The molecule has 2 fully saturated rings. The lowest BCUT2D eigenvalue weighted by molar-refractivity contribution is -0.117. The van der Waals surface area contributed by atoms with Crippen LogP contribution in [0.15, 0.2) is 29.3 Å². The van der Waals surface area contributed by atoms with Crippen LogP contribution in [0.25, 0.3) is 0 Å². The van der Waals surface area contributed by atoms with Crippen molar-refractivity contribution >= 4 is 38.8 Å². The Morgan fingerprint density at radius 1 is 1.26 bits per heavy atom. The summed E-state index contributed by atoms with van der Waals surface area (Å²) in [7, 11) is -3.15. The van der Waals surface area contributed by atoms with Crippen LogP contribution in [-0.4, -0.2) is 65.4 Å². The lowest BCUT2D eigenvalue weighted by atomic mass is 10.1. The Morgan fingerprint density at radius 2 is 1.94 bits per heavy atom. The molecule has 0 spiro atoms. The van der Waals surface area contributed by atoms with Crippen molar-refractivity contribution in [1.29, 1.82) is 0 Å². The first kappa shape index (κ1) is 23.5. The Hall–Kier alpha value is -2.14. The molecule has 1 N–H and O–H groups in total. The fraction of sp³-hybridized carbons (Fsp3) is 0.550. The number of sulfone groups is 1. The molecule has 2 saturated heterocycles. The Morgan fingerprint density at radius 3 is 2.58 bits per heavy atom. The lowest BCUT2D eigenvalue weighted by Crippen LogP contribution is -2.37. The maximum atomic E-state index is 13.2. The largest absolute Gasteiger partial charge is 0.444 e. The average molecular weight is 472 g/mol. The van der Waals surface area contributed by atoms with Crippen LogP contribution >= 0.6 is 11.8 Å². The maximum Gasteiger partial charge on any atom is 0.407 e. The number of ether oxygens (including phenoxy) is 1. The van der Waals surface area contributed by atoms with Gasteiger partial charge in [0.25, 0.3) is 0 Å². The highest BCUT2D eigenvalue weighted by atomic mass is 32.2. The molecule has 0 radical (unpaired) electrons. The predicted octanol–water partition coefficient (Wildman–Crippen LogP) is 2.34. The number of thioether (sulfide) groups is 1. The minimum atomic E-state index is -3.15. The summed E-state index contributed by atoms with van der Waals surface area (Å²) in [6.45, 7) is 5.63. The second-order valence-electron chi connectivity index (χ2n) is 8.52. The normalized spacial score (nSPS) is 23.6. The van der Waals surface area contributed by atoms with Gasteiger partial charge in [0.15, 0.2) is 15.0 Å². The Labute approximate surface area is 185 Å². The lowest BCUT2D eigenvalue weighted by Gasteiger charge is -2.24. The summed E-state index contributed by atoms with van der Waals surface area (Å²) in [6.07, 6.45) is -0.623. The summed E-state index contributed by atoms with van der Waals surface area (Å²) in [6, 6.07) is 5.64. The first-order valence-corrected chi connectivity index (χ1v) is 12.6. The molecule has 3 rings (SSSR count). The molecule has 2 aliphatic heterocycles. The van der Waals surface area contributed by atoms with Crippen molar-refractivity contribution in [3.63, 3.8) is 0 Å². The van der Waals surface area contributed by atoms with Gasteiger partial charge in [-0.2, -0.15) is 4.99 Å². The molecule has 0 unspecified atom stereocenters. The topological polar surface area (TPSA) is 105 Å². The SMILES string of the molecule is CC(C)(C)OC(=O)NCCC(=O)N=C1S[C@@H]2CS(=O)(=O)C[C@@H]2N1Cc1ccc(F)cc1. The molecule has 0 bridgehead atoms. The number of hydrogen-bond acceptors (Lipinski definition) is 6. The summed E-state index contributed by atoms with van der Waals surface area (Å²) < 4.78 is 42.5. The van der Waals surface area contributed by atoms with Gasteiger partial charge in [0.05, 0.1) is 17.5 Å². The molecule has 0 aromatic heterocycles. The zero-order valence-corrected chi connectivity index (χ0v) is 19.3. The van der Waals surface area contributed by atoms with Gasteiger partial charge in [0, 0.05) is 24.8 Å². The first-order valence-electron chi connectivity index (χ1n) is 9.88. The molecule has 11 heteroatoms. The second-order valence-corrected chi connectivity index (χ2v) is 11.9. The number of benzene rings is 1. The Bertz CT molecular complexity index is 974. The molecule has 170 valence electrons. The van der Waals surface area contributed by atoms with Crippen molar-refractivity contribution in [2.45, 2.75) is 50.6 Å². The minimum Gasteiger partial charge on any atom is -0.444 e. The molecule has 0 aliphatic carbocycles. The number of nitrogens with one attached hydrogen (secondary N) is 1. The molecule has 0 saturated carbocycles. The summed E-state index contributed by atoms with van der Waals surface area (Å²) in [5, 5.41) is 2.77. The highest BCUT2D eigenvalue weighted by molar-refractivity contribution is 8.15. The van der Waals surface area contributed by atoms with Gasteiger partial charge >= 0.3 is 6.09 Å². The number of fused-ring (bicyclic) bond motifs is 1. The van der Waals surface area contributed by atoms with E-state index in [1.807, 2.05) is 4.90 Å². The summed E-state index contributed by atoms with van der Waals surface area (Å²) in [4.78, 5) is 30.0. The highest BCUT2D eigenvalue weighted by Crippen LogP contribution is 2.39. The third-order valence-corrected chi connectivity index (χ3v) is 7.92. The summed E-state index contributed by atoms with van der Waals surface area (Å²) in [5.74, 6) is -0.748. The van der Waals surface area contributed by atoms with Gasteiger partial charge in [-0.1, -0.05) is 23.9 Å². The van der Waals surface area contributed by atoms with Crippen molar-refractivity contribution in [2.24, 2.45) is 4.99 Å². The molecule has 2 aliphatic rings. The number of amidine groups is 1. The van der Waals surface area contributed by atoms with E-state index in [0.29, 0.717) is 11.7 Å². The van der Waals surface area contributed by atoms with Crippen LogP contribution in [0.2, 0.25) is 0 Å². The van der Waals surface area contributed by atoms with Crippen LogP contribution in [0.4, 0.5) is 9.18 Å². The van der Waals surface area contributed by atoms with Gasteiger partial charge in [0.2, 0.25) is 5.91 Å². The van der Waals surface area contributed by atoms with E-state index < -0.39 is 27.4 Å². The van der Waals surface area contributed by atoms with E-state index >= 15 is 0 Å². The monoisotopic (exact) mass is 471 g/mol. The zero-order chi connectivity index (χ0) is 22.8. The number of aliphatic imine (C=N–C) groups is 1. The van der Waals surface area contributed by atoms with Gasteiger partial charge in [-0.3, -0.25) is 4.79 Å². The van der Waals surface area contributed by atoms with Gasteiger partial charge in [0.1, 0.15) is 11.4 Å². The molecular weight excluding hydrogens is 445 g/mol. The Balaban J connectivity index is 1.66. The van der Waals surface area contributed by atoms with E-state index in [2.05, 4.69) is 10.3 Å². The van der Waals surface area contributed by atoms with Crippen molar-refractivity contribution in [3.05, 3.63) is 35.6 Å². The van der Waals surface area contributed by atoms with E-state index in [9.17, 15) is 22.4 Å². The predicted molar refractivity (Wildman–Crippen MR) is 117 cm³/mol. The molecule has 2 atom stereocenters. The van der Waals surface area contributed by atoms with Crippen LogP contribution in [0.3, 0.4) is 0 Å². The fourth-order valence-corrected chi connectivity index (χ4v) is 7.32. The van der Waals surface area contributed by atoms with Crippen molar-refractivity contribution in [1.82, 2.24) is 10.2 Å². The number of carbonyl (C=O) groups excluding carboxylic acids is 2. The quantitative estimate of drug-likeness (QED) is 0.703. The molecule has 8 nitrogen and oxygen atoms in total. The smallest absolute Gasteiger partial charge is 0.407 e. The van der Waals surface area contributed by atoms with Gasteiger partial charge in [-0.25, -0.2) is 17.6 Å². The molecule has 31 heavy (non-hydrogen) atoms. The van der Waals surface area contributed by atoms with Gasteiger partial charge in [-0.15, -0.1) is 0 Å². The first-order chi connectivity index (χ1) is 14.4. The minimum absolute atomic E-state index is 0.000723. The standard InChI is InChI=1S/C20H26FN3O5S2/c1-20(2,3)29-19(26)22-9-8-17(25)23-18-24(10-13-4-6-14(21)7-5-13)15-11-31(27,28)12-16(15)30-18/h4-7,15-16H,8-12H2,1-3H3,(H,22,26)/t15-,16+/m0/s1. The van der Waals surface area contributed by atoms with Crippen LogP contribution in [0.1, 0.15) is 32.8 Å². The number of carbonyl (C=O) groups is 2. The Kier molecular flexibility index (Phi) is 6.95. The van der Waals surface area contributed by atoms with E-state index in [1.165, 1.54) is 23.9 Å². The van der Waals surface area contributed by atoms with Crippen LogP contribution in [0, 0.1) is 5.82 Å². The summed E-state index contributed by atoms with van der Waals surface area (Å²) >= 11 is 1.28. The summed E-state index contributed by atoms with van der Waals surface area (Å²) in [5.41, 5.74) is 0.159. The van der Waals surface area contributed by atoms with Crippen molar-refractivity contribution < 1.29 is 27.1 Å². The molecular formula is C20H26FN3O5S2. The highest BCUT2D eigenvalue weighted by Gasteiger charge is 2.48.